The van der Waals surface area contributed by atoms with Gasteiger partial charge in [0.15, 0.2) is 9.54 Å². The Labute approximate surface area is 243 Å². The van der Waals surface area contributed by atoms with Crippen molar-refractivity contribution in [3.63, 3.8) is 0 Å². The molecule has 3 N–H and O–H groups in total. The van der Waals surface area contributed by atoms with Crippen LogP contribution in [-0.4, -0.2) is 41.6 Å². The third kappa shape index (κ3) is 6.54. The number of hydrogen-bond acceptors (Lipinski definition) is 7. The summed E-state index contributed by atoms with van der Waals surface area (Å²) in [6.45, 7) is 14.7. The van der Waals surface area contributed by atoms with Crippen LogP contribution < -0.4 is 16.4 Å². The Hall–Kier alpha value is -2.73. The number of aromatic hydroxyl groups is 2. The Bertz CT molecular complexity index is 1430. The first kappa shape index (κ1) is 32.5. The average Bonchev–Trinajstić information content (AvgIpc) is 2.90. The van der Waals surface area contributed by atoms with Crippen molar-refractivity contribution in [1.29, 1.82) is 0 Å². The average molecular weight is 596 g/mol. The van der Waals surface area contributed by atoms with Crippen molar-refractivity contribution in [3.05, 3.63) is 76.2 Å². The minimum Gasteiger partial charge on any atom is -0.494 e. The second kappa shape index (κ2) is 14.6. The van der Waals surface area contributed by atoms with E-state index < -0.39 is 17.0 Å². The topological polar surface area (TPSA) is 106 Å². The Morgan fingerprint density at radius 1 is 0.718 bits per heavy atom. The third-order valence-corrected chi connectivity index (χ3v) is 7.55. The Morgan fingerprint density at radius 3 is 1.36 bits per heavy atom. The third-order valence-electron chi connectivity index (χ3n) is 6.41. The summed E-state index contributed by atoms with van der Waals surface area (Å²) in [6.07, 6.45) is 0. The summed E-state index contributed by atoms with van der Waals surface area (Å²) < 4.78 is 5.94. The summed E-state index contributed by atoms with van der Waals surface area (Å²) in [6, 6.07) is 6.57. The molecule has 0 fully saturated rings. The molecule has 2 heterocycles. The summed E-state index contributed by atoms with van der Waals surface area (Å²) in [5.74, 6) is -1.81. The van der Waals surface area contributed by atoms with E-state index >= 15 is 0 Å². The molecule has 3 rings (SSSR count). The van der Waals surface area contributed by atoms with Gasteiger partial charge >= 0.3 is 0 Å². The monoisotopic (exact) mass is 595 g/mol. The van der Waals surface area contributed by atoms with Crippen LogP contribution in [0.15, 0.2) is 33.9 Å². The predicted octanol–water partition coefficient (Wildman–Crippen LogP) is 5.01. The van der Waals surface area contributed by atoms with Crippen molar-refractivity contribution in [1.82, 2.24) is 23.6 Å². The van der Waals surface area contributed by atoms with Crippen molar-refractivity contribution in [2.45, 2.75) is 73.6 Å². The zero-order valence-electron chi connectivity index (χ0n) is 23.3. The Kier molecular flexibility index (Phi) is 12.2. The molecule has 0 atom stereocenters. The van der Waals surface area contributed by atoms with Gasteiger partial charge in [-0.3, -0.25) is 27.9 Å². The highest BCUT2D eigenvalue weighted by Crippen LogP contribution is 2.37. The molecule has 0 saturated carbocycles. The van der Waals surface area contributed by atoms with Crippen molar-refractivity contribution in [3.8, 4) is 11.8 Å². The fraction of sp³-hybridized carbons (Fsp3) is 0.481. The quantitative estimate of drug-likeness (QED) is 0.299. The number of hydrogen-bond donors (Lipinski definition) is 3. The first-order chi connectivity index (χ1) is 18.6. The summed E-state index contributed by atoms with van der Waals surface area (Å²) in [5, 5.41) is 26.1. The summed E-state index contributed by atoms with van der Waals surface area (Å²) in [5.41, 5.74) is -0.707. The van der Waals surface area contributed by atoms with Crippen LogP contribution in [0.1, 0.15) is 64.2 Å². The highest BCUT2D eigenvalue weighted by atomic mass is 35.5. The summed E-state index contributed by atoms with van der Waals surface area (Å²) in [4.78, 5) is 27.3. The highest BCUT2D eigenvalue weighted by Gasteiger charge is 2.33. The maximum Gasteiger partial charge on any atom is 0.262 e. The molecule has 1 aromatic carbocycles. The van der Waals surface area contributed by atoms with E-state index in [9.17, 15) is 19.8 Å². The van der Waals surface area contributed by atoms with E-state index in [0.717, 1.165) is 13.1 Å². The van der Waals surface area contributed by atoms with Crippen molar-refractivity contribution in [2.75, 3.05) is 13.1 Å². The fourth-order valence-electron chi connectivity index (χ4n) is 4.44. The molecule has 12 heteroatoms. The number of nitrogens with zero attached hydrogens (tertiary/aromatic N) is 4. The minimum absolute atomic E-state index is 0.0607. The molecule has 0 aliphatic carbocycles. The minimum atomic E-state index is -1.10. The van der Waals surface area contributed by atoms with E-state index in [-0.39, 0.29) is 45.5 Å². The normalized spacial score (nSPS) is 11.0. The molecular weight excluding hydrogens is 558 g/mol. The van der Waals surface area contributed by atoms with Crippen molar-refractivity contribution < 1.29 is 10.2 Å². The van der Waals surface area contributed by atoms with Crippen LogP contribution in [0.5, 0.6) is 11.8 Å². The van der Waals surface area contributed by atoms with Crippen LogP contribution in [0, 0.1) is 9.54 Å². The van der Waals surface area contributed by atoms with Gasteiger partial charge in [-0.1, -0.05) is 37.6 Å². The Balaban J connectivity index is 0.000000976. The predicted molar refractivity (Wildman–Crippen MR) is 162 cm³/mol. The molecule has 0 radical (unpaired) electrons. The lowest BCUT2D eigenvalue weighted by Crippen LogP contribution is -2.34. The SMILES string of the molecule is CCNCC.CCn1c(O)c(C(c2ccc(Cl)cc2)c2c(O)n(CC)c(=S)n(CC)c2=O)c(=O)n(CC)c1=S. The van der Waals surface area contributed by atoms with E-state index in [1.165, 1.54) is 18.3 Å². The van der Waals surface area contributed by atoms with Gasteiger partial charge in [0, 0.05) is 31.2 Å². The number of halogens is 1. The zero-order valence-corrected chi connectivity index (χ0v) is 25.7. The van der Waals surface area contributed by atoms with Gasteiger partial charge in [0.1, 0.15) is 0 Å². The van der Waals surface area contributed by atoms with Gasteiger partial charge in [0.25, 0.3) is 11.1 Å². The standard InChI is InChI=1S/C23H27ClN4O4S2.C4H11N/c1-5-25-18(29)16(19(30)26(6-2)22(25)33)15(13-9-11-14(24)12-10-13)17-20(31)27(7-3)23(34)28(8-4)21(17)32;1-3-5-4-2/h9-12,15,29,31H,5-8H2,1-4H3;5H,3-4H2,1-2H3. The molecule has 214 valence electrons. The first-order valence-electron chi connectivity index (χ1n) is 13.1. The lowest BCUT2D eigenvalue weighted by molar-refractivity contribution is 0.380. The molecule has 2 aromatic heterocycles. The summed E-state index contributed by atoms with van der Waals surface area (Å²) in [7, 11) is 0. The largest absolute Gasteiger partial charge is 0.494 e. The van der Waals surface area contributed by atoms with E-state index in [4.69, 9.17) is 36.0 Å². The molecule has 0 spiro atoms. The number of benzene rings is 1. The van der Waals surface area contributed by atoms with E-state index in [1.807, 2.05) is 0 Å². The highest BCUT2D eigenvalue weighted by molar-refractivity contribution is 7.71. The van der Waals surface area contributed by atoms with Crippen LogP contribution >= 0.6 is 36.0 Å². The van der Waals surface area contributed by atoms with Crippen LogP contribution in [0.3, 0.4) is 0 Å². The van der Waals surface area contributed by atoms with E-state index in [0.29, 0.717) is 23.7 Å². The molecule has 9 nitrogen and oxygen atoms in total. The fourth-order valence-corrected chi connectivity index (χ4v) is 5.42. The molecule has 0 amide bonds. The van der Waals surface area contributed by atoms with Gasteiger partial charge in [-0.25, -0.2) is 0 Å². The van der Waals surface area contributed by atoms with E-state index in [1.54, 1.807) is 52.0 Å². The lowest BCUT2D eigenvalue weighted by Gasteiger charge is -2.25. The van der Waals surface area contributed by atoms with Gasteiger partial charge in [0.2, 0.25) is 11.8 Å². The molecule has 0 saturated heterocycles. The molecule has 0 unspecified atom stereocenters. The maximum absolute atomic E-state index is 13.6. The van der Waals surface area contributed by atoms with E-state index in [2.05, 4.69) is 19.2 Å². The molecule has 39 heavy (non-hydrogen) atoms. The molecular formula is C27H38ClN5O4S2. The molecule has 0 aliphatic rings. The maximum atomic E-state index is 13.6. The van der Waals surface area contributed by atoms with Crippen molar-refractivity contribution in [2.24, 2.45) is 0 Å². The van der Waals surface area contributed by atoms with Crippen LogP contribution in [-0.2, 0) is 26.2 Å². The smallest absolute Gasteiger partial charge is 0.262 e. The van der Waals surface area contributed by atoms with Crippen molar-refractivity contribution >= 4 is 36.0 Å². The van der Waals surface area contributed by atoms with Gasteiger partial charge < -0.3 is 15.5 Å². The lowest BCUT2D eigenvalue weighted by atomic mass is 9.86. The number of rotatable bonds is 9. The molecule has 0 aliphatic heterocycles. The van der Waals surface area contributed by atoms with Crippen LogP contribution in [0.25, 0.3) is 0 Å². The zero-order chi connectivity index (χ0) is 29.4. The Morgan fingerprint density at radius 2 is 1.08 bits per heavy atom. The molecule has 3 aromatic rings. The van der Waals surface area contributed by atoms with Crippen LogP contribution in [0.4, 0.5) is 0 Å². The van der Waals surface area contributed by atoms with Gasteiger partial charge in [0.05, 0.1) is 17.0 Å². The molecule has 0 bridgehead atoms. The number of nitrogens with one attached hydrogen (secondary N) is 1. The first-order valence-corrected chi connectivity index (χ1v) is 14.3. The summed E-state index contributed by atoms with van der Waals surface area (Å²) >= 11 is 16.9. The van der Waals surface area contributed by atoms with Gasteiger partial charge in [-0.15, -0.1) is 0 Å². The van der Waals surface area contributed by atoms with Gasteiger partial charge in [-0.2, -0.15) is 0 Å². The second-order valence-corrected chi connectivity index (χ2v) is 9.74. The number of aromatic nitrogens is 4. The second-order valence-electron chi connectivity index (χ2n) is 8.57. The van der Waals surface area contributed by atoms with Crippen LogP contribution in [0.2, 0.25) is 5.02 Å². The van der Waals surface area contributed by atoms with Gasteiger partial charge in [-0.05, 0) is 82.9 Å².